The average Bonchev–Trinajstić information content (AvgIpc) is 2.45. The van der Waals surface area contributed by atoms with E-state index in [1.54, 1.807) is 16.5 Å². The SMILES string of the molecule is C=CCN(CC=C)S(=O)(=O)N1CCC(CNCC)CC1. The van der Waals surface area contributed by atoms with Crippen molar-refractivity contribution in [1.82, 2.24) is 13.9 Å². The molecule has 0 spiro atoms. The van der Waals surface area contributed by atoms with Crippen LogP contribution in [0.3, 0.4) is 0 Å². The van der Waals surface area contributed by atoms with Crippen LogP contribution in [0.15, 0.2) is 25.3 Å². The van der Waals surface area contributed by atoms with Gasteiger partial charge in [-0.3, -0.25) is 0 Å². The molecule has 5 nitrogen and oxygen atoms in total. The number of nitrogens with zero attached hydrogens (tertiary/aromatic N) is 2. The summed E-state index contributed by atoms with van der Waals surface area (Å²) in [6.07, 6.45) is 5.06. The van der Waals surface area contributed by atoms with E-state index in [1.807, 2.05) is 0 Å². The summed E-state index contributed by atoms with van der Waals surface area (Å²) in [6, 6.07) is 0. The molecule has 0 radical (unpaired) electrons. The molecule has 1 fully saturated rings. The molecule has 1 aliphatic rings. The Morgan fingerprint density at radius 3 is 2.25 bits per heavy atom. The predicted octanol–water partition coefficient (Wildman–Crippen LogP) is 1.23. The molecule has 1 heterocycles. The van der Waals surface area contributed by atoms with E-state index in [2.05, 4.69) is 25.4 Å². The first kappa shape index (κ1) is 17.4. The molecule has 1 saturated heterocycles. The molecule has 0 aromatic carbocycles. The van der Waals surface area contributed by atoms with Gasteiger partial charge in [-0.1, -0.05) is 19.1 Å². The molecule has 0 aliphatic carbocycles. The maximum atomic E-state index is 12.5. The highest BCUT2D eigenvalue weighted by Gasteiger charge is 2.31. The van der Waals surface area contributed by atoms with Crippen molar-refractivity contribution in [1.29, 1.82) is 0 Å². The summed E-state index contributed by atoms with van der Waals surface area (Å²) in [7, 11) is -3.39. The highest BCUT2D eigenvalue weighted by molar-refractivity contribution is 7.86. The molecular weight excluding hydrogens is 274 g/mol. The van der Waals surface area contributed by atoms with Crippen LogP contribution in [0.4, 0.5) is 0 Å². The fourth-order valence-corrected chi connectivity index (χ4v) is 3.99. The lowest BCUT2D eigenvalue weighted by molar-refractivity contribution is 0.254. The van der Waals surface area contributed by atoms with Crippen LogP contribution in [-0.4, -0.2) is 56.3 Å². The zero-order valence-corrected chi connectivity index (χ0v) is 13.2. The molecule has 0 unspecified atom stereocenters. The van der Waals surface area contributed by atoms with Crippen LogP contribution in [0.25, 0.3) is 0 Å². The maximum absolute atomic E-state index is 12.5. The topological polar surface area (TPSA) is 52.7 Å². The minimum Gasteiger partial charge on any atom is -0.317 e. The van der Waals surface area contributed by atoms with Crippen molar-refractivity contribution in [2.75, 3.05) is 39.3 Å². The van der Waals surface area contributed by atoms with E-state index in [4.69, 9.17) is 0 Å². The zero-order chi connectivity index (χ0) is 15.0. The Morgan fingerprint density at radius 2 is 1.80 bits per heavy atom. The molecule has 0 atom stereocenters. The lowest BCUT2D eigenvalue weighted by Crippen LogP contribution is -2.48. The second-order valence-corrected chi connectivity index (χ2v) is 6.98. The van der Waals surface area contributed by atoms with Crippen molar-refractivity contribution >= 4 is 10.2 Å². The molecule has 0 bridgehead atoms. The standard InChI is InChI=1S/C14H27N3O2S/c1-4-9-16(10-5-2)20(18,19)17-11-7-14(8-12-17)13-15-6-3/h4-5,14-15H,1-2,6-13H2,3H3. The van der Waals surface area contributed by atoms with Gasteiger partial charge in [-0.15, -0.1) is 13.2 Å². The highest BCUT2D eigenvalue weighted by Crippen LogP contribution is 2.20. The normalized spacial score (nSPS) is 18.3. The Hall–Kier alpha value is -0.690. The highest BCUT2D eigenvalue weighted by atomic mass is 32.2. The van der Waals surface area contributed by atoms with E-state index in [0.717, 1.165) is 25.9 Å². The number of hydrogen-bond donors (Lipinski definition) is 1. The minimum absolute atomic E-state index is 0.325. The van der Waals surface area contributed by atoms with Gasteiger partial charge in [0.25, 0.3) is 10.2 Å². The molecule has 1 N–H and O–H groups in total. The summed E-state index contributed by atoms with van der Waals surface area (Å²) in [5.41, 5.74) is 0. The maximum Gasteiger partial charge on any atom is 0.282 e. The Labute approximate surface area is 123 Å². The molecule has 6 heteroatoms. The summed E-state index contributed by atoms with van der Waals surface area (Å²) in [6.45, 7) is 13.1. The van der Waals surface area contributed by atoms with Crippen molar-refractivity contribution in [2.24, 2.45) is 5.92 Å². The van der Waals surface area contributed by atoms with Gasteiger partial charge in [-0.2, -0.15) is 17.0 Å². The predicted molar refractivity (Wildman–Crippen MR) is 83.7 cm³/mol. The smallest absolute Gasteiger partial charge is 0.282 e. The largest absolute Gasteiger partial charge is 0.317 e. The Bertz CT molecular complexity index is 391. The van der Waals surface area contributed by atoms with Gasteiger partial charge in [0.15, 0.2) is 0 Å². The van der Waals surface area contributed by atoms with Crippen molar-refractivity contribution in [3.8, 4) is 0 Å². The van der Waals surface area contributed by atoms with Crippen LogP contribution in [0.5, 0.6) is 0 Å². The van der Waals surface area contributed by atoms with Crippen LogP contribution >= 0.6 is 0 Å². The lowest BCUT2D eigenvalue weighted by Gasteiger charge is -2.34. The first-order valence-corrected chi connectivity index (χ1v) is 8.63. The fourth-order valence-electron chi connectivity index (χ4n) is 2.41. The van der Waals surface area contributed by atoms with Gasteiger partial charge in [0.05, 0.1) is 0 Å². The summed E-state index contributed by atoms with van der Waals surface area (Å²) in [5.74, 6) is 0.577. The van der Waals surface area contributed by atoms with Crippen LogP contribution in [-0.2, 0) is 10.2 Å². The number of hydrogen-bond acceptors (Lipinski definition) is 3. The molecular formula is C14H27N3O2S. The quantitative estimate of drug-likeness (QED) is 0.652. The van der Waals surface area contributed by atoms with Crippen molar-refractivity contribution in [3.05, 3.63) is 25.3 Å². The third-order valence-electron chi connectivity index (χ3n) is 3.57. The molecule has 20 heavy (non-hydrogen) atoms. The number of piperidine rings is 1. The van der Waals surface area contributed by atoms with Crippen LogP contribution in [0.1, 0.15) is 19.8 Å². The lowest BCUT2D eigenvalue weighted by atomic mass is 9.98. The van der Waals surface area contributed by atoms with Gasteiger partial charge in [-0.25, -0.2) is 0 Å². The van der Waals surface area contributed by atoms with Gasteiger partial charge in [0, 0.05) is 26.2 Å². The van der Waals surface area contributed by atoms with Gasteiger partial charge in [0.2, 0.25) is 0 Å². The van der Waals surface area contributed by atoms with Crippen LogP contribution in [0, 0.1) is 5.92 Å². The van der Waals surface area contributed by atoms with Gasteiger partial charge in [0.1, 0.15) is 0 Å². The van der Waals surface area contributed by atoms with Crippen molar-refractivity contribution in [2.45, 2.75) is 19.8 Å². The van der Waals surface area contributed by atoms with E-state index in [9.17, 15) is 8.42 Å². The van der Waals surface area contributed by atoms with Gasteiger partial charge >= 0.3 is 0 Å². The molecule has 116 valence electrons. The van der Waals surface area contributed by atoms with Crippen LogP contribution in [0.2, 0.25) is 0 Å². The first-order valence-electron chi connectivity index (χ1n) is 7.24. The Morgan fingerprint density at radius 1 is 1.25 bits per heavy atom. The van der Waals surface area contributed by atoms with E-state index in [1.165, 1.54) is 4.31 Å². The third-order valence-corrected chi connectivity index (χ3v) is 5.54. The van der Waals surface area contributed by atoms with Crippen molar-refractivity contribution in [3.63, 3.8) is 0 Å². The summed E-state index contributed by atoms with van der Waals surface area (Å²) in [5, 5.41) is 3.33. The Balaban J connectivity index is 2.60. The second kappa shape index (κ2) is 8.56. The van der Waals surface area contributed by atoms with Crippen molar-refractivity contribution < 1.29 is 8.42 Å². The Kier molecular flexibility index (Phi) is 7.43. The number of nitrogens with one attached hydrogen (secondary N) is 1. The number of rotatable bonds is 9. The van der Waals surface area contributed by atoms with Gasteiger partial charge in [-0.05, 0) is 31.8 Å². The summed E-state index contributed by atoms with van der Waals surface area (Å²) in [4.78, 5) is 0. The van der Waals surface area contributed by atoms with E-state index >= 15 is 0 Å². The molecule has 1 rings (SSSR count). The molecule has 0 aromatic heterocycles. The third kappa shape index (κ3) is 4.70. The first-order chi connectivity index (χ1) is 9.56. The zero-order valence-electron chi connectivity index (χ0n) is 12.4. The van der Waals surface area contributed by atoms with Crippen LogP contribution < -0.4 is 5.32 Å². The second-order valence-electron chi connectivity index (χ2n) is 5.05. The molecule has 1 aliphatic heterocycles. The molecule has 0 saturated carbocycles. The fraction of sp³-hybridized carbons (Fsp3) is 0.714. The average molecular weight is 301 g/mol. The monoisotopic (exact) mass is 301 g/mol. The van der Waals surface area contributed by atoms with Gasteiger partial charge < -0.3 is 5.32 Å². The van der Waals surface area contributed by atoms with E-state index in [-0.39, 0.29) is 0 Å². The molecule has 0 amide bonds. The van der Waals surface area contributed by atoms with E-state index < -0.39 is 10.2 Å². The minimum atomic E-state index is -3.39. The van der Waals surface area contributed by atoms with E-state index in [0.29, 0.717) is 32.1 Å². The molecule has 0 aromatic rings. The summed E-state index contributed by atoms with van der Waals surface area (Å²) >= 11 is 0. The summed E-state index contributed by atoms with van der Waals surface area (Å²) < 4.78 is 28.1.